The molecule has 24 heavy (non-hydrogen) atoms. The highest BCUT2D eigenvalue weighted by molar-refractivity contribution is 5.81. The van der Waals surface area contributed by atoms with Crippen molar-refractivity contribution in [3.8, 4) is 0 Å². The van der Waals surface area contributed by atoms with Crippen LogP contribution >= 0.6 is 0 Å². The predicted octanol–water partition coefficient (Wildman–Crippen LogP) is 2.28. The maximum absolute atomic E-state index is 12.4. The van der Waals surface area contributed by atoms with Crippen LogP contribution < -0.4 is 0 Å². The third-order valence-corrected chi connectivity index (χ3v) is 4.44. The Morgan fingerprint density at radius 3 is 2.54 bits per heavy atom. The van der Waals surface area contributed by atoms with Crippen LogP contribution in [0.5, 0.6) is 0 Å². The van der Waals surface area contributed by atoms with Crippen LogP contribution in [0.2, 0.25) is 0 Å². The highest BCUT2D eigenvalue weighted by Gasteiger charge is 2.48. The Kier molecular flexibility index (Phi) is 5.98. The van der Waals surface area contributed by atoms with Crippen molar-refractivity contribution in [3.63, 3.8) is 0 Å². The first-order chi connectivity index (χ1) is 11.5. The van der Waals surface area contributed by atoms with Crippen molar-refractivity contribution in [3.05, 3.63) is 48.0 Å². The normalized spacial score (nSPS) is 23.1. The molecule has 0 saturated carbocycles. The summed E-state index contributed by atoms with van der Waals surface area (Å²) < 4.78 is 5.28. The molecule has 130 valence electrons. The summed E-state index contributed by atoms with van der Waals surface area (Å²) >= 11 is 0. The minimum atomic E-state index is -1.09. The average Bonchev–Trinajstić information content (AvgIpc) is 2.94. The second-order valence-electron chi connectivity index (χ2n) is 6.10. The van der Waals surface area contributed by atoms with E-state index in [1.54, 1.807) is 0 Å². The Labute approximate surface area is 141 Å². The van der Waals surface area contributed by atoms with Crippen molar-refractivity contribution in [1.82, 2.24) is 4.90 Å². The van der Waals surface area contributed by atoms with Gasteiger partial charge < -0.3 is 14.9 Å². The van der Waals surface area contributed by atoms with Crippen molar-refractivity contribution < 1.29 is 24.5 Å². The number of ether oxygens (including phenoxy) is 1. The minimum absolute atomic E-state index is 0.0882. The zero-order chi connectivity index (χ0) is 17.7. The minimum Gasteiger partial charge on any atom is -0.480 e. The number of carbonyl (C=O) groups excluding carboxylic acids is 1. The third kappa shape index (κ3) is 3.94. The highest BCUT2D eigenvalue weighted by Crippen LogP contribution is 2.36. The van der Waals surface area contributed by atoms with Gasteiger partial charge in [-0.3, -0.25) is 4.90 Å². The number of aliphatic hydroxyl groups excluding tert-OH is 1. The number of aliphatic carboxylic acids is 1. The molecule has 2 N–H and O–H groups in total. The first kappa shape index (κ1) is 18.0. The Morgan fingerprint density at radius 1 is 1.33 bits per heavy atom. The van der Waals surface area contributed by atoms with Gasteiger partial charge in [0.2, 0.25) is 0 Å². The molecular weight excluding hydrogens is 310 g/mol. The number of carboxylic acids is 1. The van der Waals surface area contributed by atoms with Crippen LogP contribution in [0, 0.1) is 11.8 Å². The van der Waals surface area contributed by atoms with Crippen molar-refractivity contribution in [1.29, 1.82) is 0 Å². The molecule has 1 saturated heterocycles. The van der Waals surface area contributed by atoms with Gasteiger partial charge in [0.1, 0.15) is 12.6 Å². The molecule has 0 bridgehead atoms. The molecule has 0 aromatic heterocycles. The van der Waals surface area contributed by atoms with Crippen molar-refractivity contribution in [2.45, 2.75) is 26.0 Å². The van der Waals surface area contributed by atoms with Gasteiger partial charge in [-0.15, -0.1) is 0 Å². The zero-order valence-corrected chi connectivity index (χ0v) is 13.7. The Hall–Kier alpha value is -2.34. The van der Waals surface area contributed by atoms with E-state index < -0.39 is 18.1 Å². The maximum atomic E-state index is 12.4. The number of carboxylic acid groups (broad SMARTS) is 1. The molecule has 0 aliphatic carbocycles. The molecule has 0 radical (unpaired) electrons. The molecule has 1 aromatic rings. The van der Waals surface area contributed by atoms with Gasteiger partial charge in [-0.1, -0.05) is 42.5 Å². The number of likely N-dealkylation sites (tertiary alicyclic amines) is 1. The maximum Gasteiger partial charge on any atom is 0.410 e. The number of hydrogen-bond acceptors (Lipinski definition) is 4. The lowest BCUT2D eigenvalue weighted by atomic mass is 9.84. The van der Waals surface area contributed by atoms with E-state index in [1.165, 1.54) is 4.90 Å². The van der Waals surface area contributed by atoms with E-state index in [9.17, 15) is 19.8 Å². The SMILES string of the molecule is C=C(C)[C@H]1CN(C(=O)OCc2ccccc2)[C@H](C(=O)O)[C@H]1CCO. The fraction of sp³-hybridized carbons (Fsp3) is 0.444. The van der Waals surface area contributed by atoms with Crippen LogP contribution in [-0.4, -0.2) is 46.4 Å². The van der Waals surface area contributed by atoms with E-state index in [4.69, 9.17) is 4.74 Å². The van der Waals surface area contributed by atoms with Crippen LogP contribution in [0.3, 0.4) is 0 Å². The zero-order valence-electron chi connectivity index (χ0n) is 13.7. The fourth-order valence-electron chi connectivity index (χ4n) is 3.25. The van der Waals surface area contributed by atoms with Crippen molar-refractivity contribution in [2.75, 3.05) is 13.2 Å². The Balaban J connectivity index is 2.12. The summed E-state index contributed by atoms with van der Waals surface area (Å²) in [6.07, 6.45) is -0.352. The molecule has 0 unspecified atom stereocenters. The summed E-state index contributed by atoms with van der Waals surface area (Å²) in [5, 5.41) is 18.8. The lowest BCUT2D eigenvalue weighted by molar-refractivity contribution is -0.143. The topological polar surface area (TPSA) is 87.1 Å². The lowest BCUT2D eigenvalue weighted by Crippen LogP contribution is -2.43. The molecule has 1 fully saturated rings. The van der Waals surface area contributed by atoms with E-state index in [2.05, 4.69) is 6.58 Å². The number of benzene rings is 1. The summed E-state index contributed by atoms with van der Waals surface area (Å²) in [6.45, 7) is 5.90. The van der Waals surface area contributed by atoms with Gasteiger partial charge >= 0.3 is 12.1 Å². The smallest absolute Gasteiger partial charge is 0.410 e. The van der Waals surface area contributed by atoms with Gasteiger partial charge in [0, 0.05) is 25.0 Å². The molecule has 0 spiro atoms. The quantitative estimate of drug-likeness (QED) is 0.780. The molecule has 1 amide bonds. The Morgan fingerprint density at radius 2 is 2.00 bits per heavy atom. The first-order valence-corrected chi connectivity index (χ1v) is 7.92. The van der Waals surface area contributed by atoms with Crippen LogP contribution in [0.25, 0.3) is 0 Å². The van der Waals surface area contributed by atoms with Crippen molar-refractivity contribution >= 4 is 12.1 Å². The third-order valence-electron chi connectivity index (χ3n) is 4.44. The molecule has 3 atom stereocenters. The molecule has 1 aromatic carbocycles. The molecule has 2 rings (SSSR count). The number of aliphatic hydroxyl groups is 1. The summed E-state index contributed by atoms with van der Waals surface area (Å²) in [5.41, 5.74) is 1.64. The monoisotopic (exact) mass is 333 g/mol. The first-order valence-electron chi connectivity index (χ1n) is 7.92. The van der Waals surface area contributed by atoms with Gasteiger partial charge in [-0.25, -0.2) is 9.59 Å². The van der Waals surface area contributed by atoms with Gasteiger partial charge in [0.15, 0.2) is 0 Å². The van der Waals surface area contributed by atoms with Crippen LogP contribution in [0.4, 0.5) is 4.79 Å². The second-order valence-corrected chi connectivity index (χ2v) is 6.10. The molecule has 1 heterocycles. The van der Waals surface area contributed by atoms with E-state index in [-0.39, 0.29) is 31.6 Å². The number of carbonyl (C=O) groups is 2. The number of rotatable bonds is 6. The number of nitrogens with zero attached hydrogens (tertiary/aromatic N) is 1. The van der Waals surface area contributed by atoms with E-state index in [1.807, 2.05) is 37.3 Å². The molecule has 6 nitrogen and oxygen atoms in total. The number of hydrogen-bond donors (Lipinski definition) is 2. The van der Waals surface area contributed by atoms with Crippen molar-refractivity contribution in [2.24, 2.45) is 11.8 Å². The van der Waals surface area contributed by atoms with Gasteiger partial charge in [0.05, 0.1) is 0 Å². The summed E-state index contributed by atoms with van der Waals surface area (Å²) in [4.78, 5) is 25.3. The van der Waals surface area contributed by atoms with E-state index in [0.29, 0.717) is 6.42 Å². The Bertz CT molecular complexity index is 601. The standard InChI is InChI=1S/C18H23NO5/c1-12(2)15-10-19(16(17(21)22)14(15)8-9-20)18(23)24-11-13-6-4-3-5-7-13/h3-7,14-16,20H,1,8-11H2,2H3,(H,21,22)/t14-,15+,16-/m0/s1. The van der Waals surface area contributed by atoms with Gasteiger partial charge in [0.25, 0.3) is 0 Å². The molecule has 6 heteroatoms. The summed E-state index contributed by atoms with van der Waals surface area (Å²) in [7, 11) is 0. The second kappa shape index (κ2) is 7.97. The molecular formula is C18H23NO5. The summed E-state index contributed by atoms with van der Waals surface area (Å²) in [6, 6.07) is 8.19. The number of amides is 1. The summed E-state index contributed by atoms with van der Waals surface area (Å²) in [5.74, 6) is -1.62. The fourth-order valence-corrected chi connectivity index (χ4v) is 3.25. The lowest BCUT2D eigenvalue weighted by Gasteiger charge is -2.24. The molecule has 1 aliphatic heterocycles. The van der Waals surface area contributed by atoms with Crippen LogP contribution in [0.1, 0.15) is 18.9 Å². The highest BCUT2D eigenvalue weighted by atomic mass is 16.6. The van der Waals surface area contributed by atoms with Crippen LogP contribution in [0.15, 0.2) is 42.5 Å². The largest absolute Gasteiger partial charge is 0.480 e. The van der Waals surface area contributed by atoms with Gasteiger partial charge in [-0.05, 0) is 18.9 Å². The average molecular weight is 333 g/mol. The van der Waals surface area contributed by atoms with E-state index in [0.717, 1.165) is 11.1 Å². The van der Waals surface area contributed by atoms with E-state index >= 15 is 0 Å². The van der Waals surface area contributed by atoms with Crippen LogP contribution in [-0.2, 0) is 16.1 Å². The van der Waals surface area contributed by atoms with Gasteiger partial charge in [-0.2, -0.15) is 0 Å². The predicted molar refractivity (Wildman–Crippen MR) is 88.3 cm³/mol. The molecule has 1 aliphatic rings.